The SMILES string of the molecule is CCCCC1CCC(C(N)Cc2cc(C)ccc2C)CC1. The normalized spacial score (nSPS) is 24.0. The van der Waals surface area contributed by atoms with Crippen molar-refractivity contribution >= 4 is 0 Å². The molecule has 1 nitrogen and oxygen atoms in total. The Hall–Kier alpha value is -0.820. The van der Waals surface area contributed by atoms with E-state index in [-0.39, 0.29) is 0 Å². The molecule has 0 aliphatic heterocycles. The van der Waals surface area contributed by atoms with Crippen molar-refractivity contribution in [1.29, 1.82) is 0 Å². The Bertz CT molecular complexity index is 429. The Morgan fingerprint density at radius 2 is 1.86 bits per heavy atom. The van der Waals surface area contributed by atoms with Gasteiger partial charge < -0.3 is 5.73 Å². The third kappa shape index (κ3) is 4.85. The quantitative estimate of drug-likeness (QED) is 0.767. The van der Waals surface area contributed by atoms with Gasteiger partial charge in [0.15, 0.2) is 0 Å². The summed E-state index contributed by atoms with van der Waals surface area (Å²) in [4.78, 5) is 0. The van der Waals surface area contributed by atoms with Gasteiger partial charge in [-0.25, -0.2) is 0 Å². The number of benzene rings is 1. The molecule has 1 aromatic carbocycles. The minimum Gasteiger partial charge on any atom is -0.327 e. The molecule has 1 atom stereocenters. The molecule has 1 heteroatoms. The van der Waals surface area contributed by atoms with Gasteiger partial charge in [0.2, 0.25) is 0 Å². The molecule has 1 aliphatic rings. The lowest BCUT2D eigenvalue weighted by molar-refractivity contribution is 0.230. The van der Waals surface area contributed by atoms with Crippen LogP contribution in [0.15, 0.2) is 18.2 Å². The predicted molar refractivity (Wildman–Crippen MR) is 92.6 cm³/mol. The summed E-state index contributed by atoms with van der Waals surface area (Å²) in [6.45, 7) is 6.68. The molecule has 1 fully saturated rings. The molecule has 0 spiro atoms. The smallest absolute Gasteiger partial charge is 0.0108 e. The van der Waals surface area contributed by atoms with Gasteiger partial charge in [0.05, 0.1) is 0 Å². The van der Waals surface area contributed by atoms with Gasteiger partial charge in [0, 0.05) is 6.04 Å². The molecule has 1 aromatic rings. The molecule has 1 aliphatic carbocycles. The minimum atomic E-state index is 0.345. The standard InChI is InChI=1S/C20H33N/c1-4-5-6-17-9-11-18(12-10-17)20(21)14-19-13-15(2)7-8-16(19)3/h7-8,13,17-18,20H,4-6,9-12,14,21H2,1-3H3. The van der Waals surface area contributed by atoms with E-state index in [1.807, 2.05) is 0 Å². The average Bonchev–Trinajstić information content (AvgIpc) is 2.49. The first-order valence-electron chi connectivity index (χ1n) is 8.91. The summed E-state index contributed by atoms with van der Waals surface area (Å²) in [6, 6.07) is 7.10. The molecule has 2 rings (SSSR count). The molecule has 0 saturated heterocycles. The average molecular weight is 287 g/mol. The van der Waals surface area contributed by atoms with Gasteiger partial charge >= 0.3 is 0 Å². The summed E-state index contributed by atoms with van der Waals surface area (Å²) in [6.07, 6.45) is 10.8. The number of unbranched alkanes of at least 4 members (excludes halogenated alkanes) is 1. The maximum atomic E-state index is 6.54. The fourth-order valence-electron chi connectivity index (χ4n) is 3.84. The molecular formula is C20H33N. The summed E-state index contributed by atoms with van der Waals surface area (Å²) >= 11 is 0. The van der Waals surface area contributed by atoms with Crippen LogP contribution < -0.4 is 5.73 Å². The predicted octanol–water partition coefficient (Wildman–Crippen LogP) is 5.17. The van der Waals surface area contributed by atoms with E-state index in [2.05, 4.69) is 39.0 Å². The number of nitrogens with two attached hydrogens (primary N) is 1. The first-order chi connectivity index (χ1) is 10.1. The maximum Gasteiger partial charge on any atom is 0.0108 e. The summed E-state index contributed by atoms with van der Waals surface area (Å²) in [7, 11) is 0. The number of hydrogen-bond acceptors (Lipinski definition) is 1. The molecule has 21 heavy (non-hydrogen) atoms. The molecule has 1 unspecified atom stereocenters. The van der Waals surface area contributed by atoms with Gasteiger partial charge in [-0.15, -0.1) is 0 Å². The summed E-state index contributed by atoms with van der Waals surface area (Å²) < 4.78 is 0. The summed E-state index contributed by atoms with van der Waals surface area (Å²) in [5.74, 6) is 1.72. The van der Waals surface area contributed by atoms with Gasteiger partial charge in [-0.05, 0) is 56.1 Å². The second-order valence-electron chi connectivity index (χ2n) is 7.22. The molecule has 2 N–H and O–H groups in total. The van der Waals surface area contributed by atoms with Crippen LogP contribution in [0, 0.1) is 25.7 Å². The third-order valence-corrected chi connectivity index (χ3v) is 5.42. The van der Waals surface area contributed by atoms with Crippen LogP contribution in [-0.2, 0) is 6.42 Å². The zero-order valence-corrected chi connectivity index (χ0v) is 14.2. The Morgan fingerprint density at radius 1 is 1.14 bits per heavy atom. The van der Waals surface area contributed by atoms with E-state index in [0.29, 0.717) is 6.04 Å². The van der Waals surface area contributed by atoms with Gasteiger partial charge in [-0.2, -0.15) is 0 Å². The van der Waals surface area contributed by atoms with Gasteiger partial charge in [0.25, 0.3) is 0 Å². The Kier molecular flexibility index (Phi) is 6.29. The topological polar surface area (TPSA) is 26.0 Å². The van der Waals surface area contributed by atoms with E-state index in [1.54, 1.807) is 0 Å². The molecule has 0 amide bonds. The Morgan fingerprint density at radius 3 is 2.52 bits per heavy atom. The monoisotopic (exact) mass is 287 g/mol. The van der Waals surface area contributed by atoms with Crippen molar-refractivity contribution in [3.63, 3.8) is 0 Å². The maximum absolute atomic E-state index is 6.54. The van der Waals surface area contributed by atoms with Crippen molar-refractivity contribution < 1.29 is 0 Å². The zero-order valence-electron chi connectivity index (χ0n) is 14.2. The van der Waals surface area contributed by atoms with Crippen LogP contribution in [0.25, 0.3) is 0 Å². The van der Waals surface area contributed by atoms with Crippen LogP contribution in [0.4, 0.5) is 0 Å². The van der Waals surface area contributed by atoms with E-state index in [9.17, 15) is 0 Å². The van der Waals surface area contributed by atoms with E-state index in [1.165, 1.54) is 61.6 Å². The van der Waals surface area contributed by atoms with Crippen LogP contribution >= 0.6 is 0 Å². The van der Waals surface area contributed by atoms with Crippen molar-refractivity contribution in [2.24, 2.45) is 17.6 Å². The molecule has 0 heterocycles. The molecule has 0 aromatic heterocycles. The fourth-order valence-corrected chi connectivity index (χ4v) is 3.84. The molecule has 0 radical (unpaired) electrons. The third-order valence-electron chi connectivity index (χ3n) is 5.42. The minimum absolute atomic E-state index is 0.345. The van der Waals surface area contributed by atoms with E-state index in [4.69, 9.17) is 5.73 Å². The first-order valence-corrected chi connectivity index (χ1v) is 8.91. The van der Waals surface area contributed by atoms with E-state index >= 15 is 0 Å². The Labute approximate surface area is 131 Å². The van der Waals surface area contributed by atoms with Gasteiger partial charge in [0.1, 0.15) is 0 Å². The first kappa shape index (κ1) is 16.5. The second kappa shape index (κ2) is 7.98. The van der Waals surface area contributed by atoms with Crippen molar-refractivity contribution in [1.82, 2.24) is 0 Å². The lowest BCUT2D eigenvalue weighted by atomic mass is 9.75. The van der Waals surface area contributed by atoms with Crippen molar-refractivity contribution in [2.75, 3.05) is 0 Å². The van der Waals surface area contributed by atoms with E-state index in [0.717, 1.165) is 18.3 Å². The van der Waals surface area contributed by atoms with E-state index < -0.39 is 0 Å². The second-order valence-corrected chi connectivity index (χ2v) is 7.22. The largest absolute Gasteiger partial charge is 0.327 e. The zero-order chi connectivity index (χ0) is 15.2. The van der Waals surface area contributed by atoms with Crippen LogP contribution in [0.2, 0.25) is 0 Å². The molecule has 118 valence electrons. The van der Waals surface area contributed by atoms with Gasteiger partial charge in [-0.1, -0.05) is 62.8 Å². The van der Waals surface area contributed by atoms with Crippen LogP contribution in [0.1, 0.15) is 68.6 Å². The van der Waals surface area contributed by atoms with Crippen molar-refractivity contribution in [3.05, 3.63) is 34.9 Å². The van der Waals surface area contributed by atoms with Crippen molar-refractivity contribution in [2.45, 2.75) is 78.2 Å². The molecule has 1 saturated carbocycles. The van der Waals surface area contributed by atoms with Crippen molar-refractivity contribution in [3.8, 4) is 0 Å². The van der Waals surface area contributed by atoms with Gasteiger partial charge in [-0.3, -0.25) is 0 Å². The summed E-state index contributed by atoms with van der Waals surface area (Å²) in [5, 5.41) is 0. The Balaban J connectivity index is 1.84. The lowest BCUT2D eigenvalue weighted by Crippen LogP contribution is -2.35. The molecular weight excluding hydrogens is 254 g/mol. The molecule has 0 bridgehead atoms. The fraction of sp³-hybridized carbons (Fsp3) is 0.700. The highest BCUT2D eigenvalue weighted by Crippen LogP contribution is 2.34. The van der Waals surface area contributed by atoms with Crippen LogP contribution in [0.5, 0.6) is 0 Å². The van der Waals surface area contributed by atoms with Crippen LogP contribution in [0.3, 0.4) is 0 Å². The highest BCUT2D eigenvalue weighted by atomic mass is 14.7. The lowest BCUT2D eigenvalue weighted by Gasteiger charge is -2.32. The highest BCUT2D eigenvalue weighted by Gasteiger charge is 2.25. The summed E-state index contributed by atoms with van der Waals surface area (Å²) in [5.41, 5.74) is 10.7. The van der Waals surface area contributed by atoms with Crippen LogP contribution in [-0.4, -0.2) is 6.04 Å². The number of rotatable bonds is 6. The highest BCUT2D eigenvalue weighted by molar-refractivity contribution is 5.31. The number of hydrogen-bond donors (Lipinski definition) is 1. The number of aryl methyl sites for hydroxylation is 2.